The minimum absolute atomic E-state index is 0.288. The van der Waals surface area contributed by atoms with Gasteiger partial charge in [0.25, 0.3) is 0 Å². The Balaban J connectivity index is 1.25. The van der Waals surface area contributed by atoms with E-state index >= 15 is 0 Å². The number of unbranched alkanes of at least 4 members (excludes halogenated alkanes) is 1. The van der Waals surface area contributed by atoms with Crippen molar-refractivity contribution in [3.05, 3.63) is 95.3 Å². The molecule has 0 radical (unpaired) electrons. The molecule has 220 valence electrons. The number of alkyl halides is 3. The Morgan fingerprint density at radius 3 is 2.52 bits per heavy atom. The Kier molecular flexibility index (Phi) is 9.95. The quantitative estimate of drug-likeness (QED) is 0.149. The molecule has 1 aromatic heterocycles. The SMILES string of the molecule is Cc1ccc(C(C)C)c(C(=S)NC(=O)NCCCCc2cccc(-c3ncn(-c4ccc(OC(F)(F)F)cc4)n3)c2)c1. The van der Waals surface area contributed by atoms with Gasteiger partial charge in [-0.05, 0) is 79.6 Å². The van der Waals surface area contributed by atoms with E-state index in [4.69, 9.17) is 12.2 Å². The summed E-state index contributed by atoms with van der Waals surface area (Å²) in [7, 11) is 0. The highest BCUT2D eigenvalue weighted by molar-refractivity contribution is 7.80. The van der Waals surface area contributed by atoms with Gasteiger partial charge in [0, 0.05) is 17.7 Å². The first kappa shape index (κ1) is 30.7. The minimum atomic E-state index is -4.74. The number of carbonyl (C=O) groups excluding carboxylic acids is 1. The van der Waals surface area contributed by atoms with Crippen molar-refractivity contribution in [1.29, 1.82) is 0 Å². The first-order valence-corrected chi connectivity index (χ1v) is 14.0. The van der Waals surface area contributed by atoms with Crippen molar-refractivity contribution >= 4 is 23.2 Å². The lowest BCUT2D eigenvalue weighted by Crippen LogP contribution is -2.39. The predicted octanol–water partition coefficient (Wildman–Crippen LogP) is 7.26. The van der Waals surface area contributed by atoms with Gasteiger partial charge in [-0.2, -0.15) is 0 Å². The molecule has 2 N–H and O–H groups in total. The molecule has 0 aliphatic carbocycles. The van der Waals surface area contributed by atoms with Crippen LogP contribution in [0.1, 0.15) is 54.9 Å². The molecule has 0 fully saturated rings. The molecule has 4 aromatic rings. The van der Waals surface area contributed by atoms with E-state index in [9.17, 15) is 18.0 Å². The van der Waals surface area contributed by atoms with Crippen LogP contribution in [0.15, 0.2) is 73.1 Å². The highest BCUT2D eigenvalue weighted by Gasteiger charge is 2.31. The van der Waals surface area contributed by atoms with Crippen molar-refractivity contribution in [2.45, 2.75) is 52.3 Å². The van der Waals surface area contributed by atoms with Gasteiger partial charge in [-0.1, -0.05) is 62.0 Å². The number of benzene rings is 3. The lowest BCUT2D eigenvalue weighted by atomic mass is 9.95. The van der Waals surface area contributed by atoms with Crippen molar-refractivity contribution in [3.63, 3.8) is 0 Å². The molecule has 7 nitrogen and oxygen atoms in total. The number of urea groups is 1. The lowest BCUT2D eigenvalue weighted by Gasteiger charge is -2.15. The molecule has 2 amide bonds. The number of thiocarbonyl (C=S) groups is 1. The fraction of sp³-hybridized carbons (Fsp3) is 0.290. The predicted molar refractivity (Wildman–Crippen MR) is 160 cm³/mol. The monoisotopic (exact) mass is 595 g/mol. The van der Waals surface area contributed by atoms with E-state index < -0.39 is 6.36 Å². The molecule has 0 atom stereocenters. The molecule has 0 aliphatic rings. The highest BCUT2D eigenvalue weighted by atomic mass is 32.1. The number of ether oxygens (including phenoxy) is 1. The van der Waals surface area contributed by atoms with Gasteiger partial charge in [-0.15, -0.1) is 18.3 Å². The number of nitrogens with zero attached hydrogens (tertiary/aromatic N) is 3. The number of nitrogens with one attached hydrogen (secondary N) is 2. The summed E-state index contributed by atoms with van der Waals surface area (Å²) in [4.78, 5) is 17.2. The van der Waals surface area contributed by atoms with E-state index in [0.29, 0.717) is 23.0 Å². The number of rotatable bonds is 10. The van der Waals surface area contributed by atoms with Crippen LogP contribution in [0.3, 0.4) is 0 Å². The molecular formula is C31H32F3N5O2S. The topological polar surface area (TPSA) is 81.1 Å². The number of amides is 2. The second-order valence-corrected chi connectivity index (χ2v) is 10.6. The number of hydrogen-bond acceptors (Lipinski definition) is 5. The van der Waals surface area contributed by atoms with E-state index in [0.717, 1.165) is 47.1 Å². The third-order valence-corrected chi connectivity index (χ3v) is 6.81. The molecule has 4 rings (SSSR count). The summed E-state index contributed by atoms with van der Waals surface area (Å²) < 4.78 is 42.6. The van der Waals surface area contributed by atoms with Gasteiger partial charge >= 0.3 is 12.4 Å². The minimum Gasteiger partial charge on any atom is -0.406 e. The average Bonchev–Trinajstić information content (AvgIpc) is 3.43. The molecular weight excluding hydrogens is 563 g/mol. The average molecular weight is 596 g/mol. The van der Waals surface area contributed by atoms with E-state index in [2.05, 4.69) is 45.4 Å². The largest absolute Gasteiger partial charge is 0.573 e. The molecule has 0 saturated heterocycles. The molecule has 0 spiro atoms. The fourth-order valence-corrected chi connectivity index (χ4v) is 4.70. The van der Waals surface area contributed by atoms with Crippen LogP contribution in [-0.4, -0.2) is 38.7 Å². The van der Waals surface area contributed by atoms with Gasteiger partial charge < -0.3 is 10.1 Å². The first-order valence-electron chi connectivity index (χ1n) is 13.6. The van der Waals surface area contributed by atoms with Gasteiger partial charge in [0.15, 0.2) is 5.82 Å². The van der Waals surface area contributed by atoms with Gasteiger partial charge in [0.2, 0.25) is 0 Å². The first-order chi connectivity index (χ1) is 20.0. The third kappa shape index (κ3) is 8.62. The summed E-state index contributed by atoms with van der Waals surface area (Å²) >= 11 is 5.51. The van der Waals surface area contributed by atoms with Crippen molar-refractivity contribution in [1.82, 2.24) is 25.4 Å². The maximum Gasteiger partial charge on any atom is 0.573 e. The summed E-state index contributed by atoms with van der Waals surface area (Å²) in [6.45, 7) is 6.70. The van der Waals surface area contributed by atoms with E-state index in [1.54, 1.807) is 0 Å². The summed E-state index contributed by atoms with van der Waals surface area (Å²) in [5, 5.41) is 10.1. The molecule has 11 heteroatoms. The summed E-state index contributed by atoms with van der Waals surface area (Å²) in [5.74, 6) is 0.480. The smallest absolute Gasteiger partial charge is 0.406 e. The molecule has 3 aromatic carbocycles. The molecule has 0 unspecified atom stereocenters. The zero-order valence-corrected chi connectivity index (χ0v) is 24.4. The molecule has 0 bridgehead atoms. The number of halogens is 3. The molecule has 0 aliphatic heterocycles. The second kappa shape index (κ2) is 13.6. The van der Waals surface area contributed by atoms with Crippen LogP contribution in [0, 0.1) is 6.92 Å². The van der Waals surface area contributed by atoms with Gasteiger partial charge in [0.05, 0.1) is 5.69 Å². The second-order valence-electron chi connectivity index (χ2n) is 10.2. The Hall–Kier alpha value is -4.25. The van der Waals surface area contributed by atoms with Crippen molar-refractivity contribution in [3.8, 4) is 22.8 Å². The Labute approximate surface area is 248 Å². The number of aryl methyl sites for hydroxylation is 2. The van der Waals surface area contributed by atoms with E-state index in [1.807, 2.05) is 43.3 Å². The Morgan fingerprint density at radius 1 is 1.05 bits per heavy atom. The van der Waals surface area contributed by atoms with Gasteiger partial charge in [-0.25, -0.2) is 14.5 Å². The van der Waals surface area contributed by atoms with Crippen molar-refractivity contribution in [2.75, 3.05) is 6.54 Å². The third-order valence-electron chi connectivity index (χ3n) is 6.49. The van der Waals surface area contributed by atoms with Crippen molar-refractivity contribution < 1.29 is 22.7 Å². The van der Waals surface area contributed by atoms with Crippen LogP contribution in [0.2, 0.25) is 0 Å². The Morgan fingerprint density at radius 2 is 1.81 bits per heavy atom. The molecule has 0 saturated carbocycles. The summed E-state index contributed by atoms with van der Waals surface area (Å²) in [5.41, 5.74) is 5.54. The number of hydrogen-bond donors (Lipinski definition) is 2. The highest BCUT2D eigenvalue weighted by Crippen LogP contribution is 2.25. The van der Waals surface area contributed by atoms with Crippen LogP contribution in [0.5, 0.6) is 5.75 Å². The summed E-state index contributed by atoms with van der Waals surface area (Å²) in [6, 6.07) is 19.0. The van der Waals surface area contributed by atoms with Crippen LogP contribution < -0.4 is 15.4 Å². The Bertz CT molecular complexity index is 1530. The lowest BCUT2D eigenvalue weighted by molar-refractivity contribution is -0.274. The molecule has 42 heavy (non-hydrogen) atoms. The van der Waals surface area contributed by atoms with E-state index in [-0.39, 0.29) is 17.7 Å². The van der Waals surface area contributed by atoms with Crippen molar-refractivity contribution in [2.24, 2.45) is 0 Å². The van der Waals surface area contributed by atoms with Crippen LogP contribution >= 0.6 is 12.2 Å². The van der Waals surface area contributed by atoms with Crippen LogP contribution in [-0.2, 0) is 6.42 Å². The summed E-state index contributed by atoms with van der Waals surface area (Å²) in [6.07, 6.45) is -0.790. The van der Waals surface area contributed by atoms with Crippen LogP contribution in [0.25, 0.3) is 17.1 Å². The standard InChI is InChI=1S/C31H32F3N5O2S/c1-20(2)26-15-10-21(3)17-27(26)29(42)37-30(40)35-16-5-4-7-22-8-6-9-23(18-22)28-36-19-39(38-28)24-11-13-25(14-12-24)41-31(32,33)34/h6,8-15,17-20H,4-5,7,16H2,1-3H3,(H2,35,37,40,42). The zero-order chi connectivity index (χ0) is 30.3. The molecule has 1 heterocycles. The van der Waals surface area contributed by atoms with Crippen LogP contribution in [0.4, 0.5) is 18.0 Å². The normalized spacial score (nSPS) is 11.4. The van der Waals surface area contributed by atoms with Gasteiger partial charge in [-0.3, -0.25) is 5.32 Å². The van der Waals surface area contributed by atoms with Gasteiger partial charge in [0.1, 0.15) is 17.1 Å². The number of carbonyl (C=O) groups is 1. The fourth-order valence-electron chi connectivity index (χ4n) is 4.43. The van der Waals surface area contributed by atoms with E-state index in [1.165, 1.54) is 35.3 Å². The zero-order valence-electron chi connectivity index (χ0n) is 23.5. The maximum absolute atomic E-state index is 12.4. The number of aromatic nitrogens is 3. The maximum atomic E-state index is 12.4.